The van der Waals surface area contributed by atoms with Crippen LogP contribution in [0.15, 0.2) is 30.3 Å². The number of rotatable bonds is 7. The SMILES string of the molecule is CC1CCCC1N1CCC(CNc2nc(N3CCOCC3)cc(-n3c(C(F)F)nc4ccccc43)n2)CC1. The van der Waals surface area contributed by atoms with E-state index in [1.807, 2.05) is 6.07 Å². The van der Waals surface area contributed by atoms with Crippen molar-refractivity contribution in [2.45, 2.75) is 51.5 Å². The van der Waals surface area contributed by atoms with Crippen LogP contribution in [0.4, 0.5) is 20.5 Å². The van der Waals surface area contributed by atoms with E-state index in [0.29, 0.717) is 60.8 Å². The first-order chi connectivity index (χ1) is 18.6. The predicted molar refractivity (Wildman–Crippen MR) is 144 cm³/mol. The molecule has 0 spiro atoms. The Bertz CT molecular complexity index is 1240. The summed E-state index contributed by atoms with van der Waals surface area (Å²) in [6.07, 6.45) is 3.60. The molecule has 1 N–H and O–H groups in total. The van der Waals surface area contributed by atoms with Crippen LogP contribution < -0.4 is 10.2 Å². The second-order valence-corrected chi connectivity index (χ2v) is 10.9. The largest absolute Gasteiger partial charge is 0.378 e. The number of para-hydroxylation sites is 2. The van der Waals surface area contributed by atoms with E-state index >= 15 is 0 Å². The number of hydrogen-bond acceptors (Lipinski definition) is 7. The van der Waals surface area contributed by atoms with E-state index in [4.69, 9.17) is 14.7 Å². The number of imidazole rings is 1. The zero-order valence-electron chi connectivity index (χ0n) is 22.0. The zero-order chi connectivity index (χ0) is 26.1. The number of piperidine rings is 1. The molecule has 8 nitrogen and oxygen atoms in total. The average molecular weight is 526 g/mol. The van der Waals surface area contributed by atoms with Crippen LogP contribution in [0.3, 0.4) is 0 Å². The Balaban J connectivity index is 1.24. The molecule has 0 radical (unpaired) electrons. The smallest absolute Gasteiger partial charge is 0.296 e. The van der Waals surface area contributed by atoms with E-state index in [-0.39, 0.29) is 5.82 Å². The van der Waals surface area contributed by atoms with Crippen LogP contribution in [0.25, 0.3) is 16.9 Å². The molecule has 38 heavy (non-hydrogen) atoms. The van der Waals surface area contributed by atoms with Gasteiger partial charge in [-0.3, -0.25) is 4.57 Å². The number of aromatic nitrogens is 4. The molecule has 1 aromatic carbocycles. The highest BCUT2D eigenvalue weighted by Crippen LogP contribution is 2.33. The predicted octanol–water partition coefficient (Wildman–Crippen LogP) is 4.90. The second-order valence-electron chi connectivity index (χ2n) is 10.9. The van der Waals surface area contributed by atoms with Crippen LogP contribution in [0.2, 0.25) is 0 Å². The van der Waals surface area contributed by atoms with E-state index < -0.39 is 6.43 Å². The molecule has 3 fully saturated rings. The summed E-state index contributed by atoms with van der Waals surface area (Å²) >= 11 is 0. The fraction of sp³-hybridized carbons (Fsp3) is 0.607. The first kappa shape index (κ1) is 25.4. The minimum Gasteiger partial charge on any atom is -0.378 e. The molecule has 3 aromatic rings. The number of nitrogens with one attached hydrogen (secondary N) is 1. The Morgan fingerprint density at radius 1 is 0.974 bits per heavy atom. The van der Waals surface area contributed by atoms with Crippen LogP contribution >= 0.6 is 0 Å². The van der Waals surface area contributed by atoms with Crippen molar-refractivity contribution in [1.82, 2.24) is 24.4 Å². The lowest BCUT2D eigenvalue weighted by molar-refractivity contribution is 0.115. The number of anilines is 2. The van der Waals surface area contributed by atoms with Gasteiger partial charge in [0.2, 0.25) is 5.95 Å². The lowest BCUT2D eigenvalue weighted by Crippen LogP contribution is -2.43. The van der Waals surface area contributed by atoms with E-state index in [1.165, 1.54) is 23.8 Å². The molecule has 2 unspecified atom stereocenters. The van der Waals surface area contributed by atoms with E-state index in [2.05, 4.69) is 27.0 Å². The molecule has 204 valence electrons. The number of fused-ring (bicyclic) bond motifs is 1. The van der Waals surface area contributed by atoms with Crippen LogP contribution in [-0.2, 0) is 4.74 Å². The summed E-state index contributed by atoms with van der Waals surface area (Å²) in [5.41, 5.74) is 1.13. The number of ether oxygens (including phenoxy) is 1. The van der Waals surface area contributed by atoms with Gasteiger partial charge in [-0.15, -0.1) is 0 Å². The summed E-state index contributed by atoms with van der Waals surface area (Å²) < 4.78 is 35.2. The van der Waals surface area contributed by atoms with Crippen molar-refractivity contribution in [2.24, 2.45) is 11.8 Å². The second kappa shape index (κ2) is 11.1. The number of halogens is 2. The number of likely N-dealkylation sites (tertiary alicyclic amines) is 1. The van der Waals surface area contributed by atoms with Crippen LogP contribution in [0, 0.1) is 11.8 Å². The molecule has 1 saturated carbocycles. The molecule has 10 heteroatoms. The first-order valence-corrected chi connectivity index (χ1v) is 14.0. The number of alkyl halides is 2. The van der Waals surface area contributed by atoms with Gasteiger partial charge in [-0.2, -0.15) is 9.97 Å². The molecule has 0 bridgehead atoms. The monoisotopic (exact) mass is 525 g/mol. The summed E-state index contributed by atoms with van der Waals surface area (Å²) in [6.45, 7) is 8.05. The topological polar surface area (TPSA) is 71.3 Å². The molecule has 0 amide bonds. The Labute approximate surface area is 222 Å². The minimum absolute atomic E-state index is 0.308. The van der Waals surface area contributed by atoms with Crippen molar-refractivity contribution in [3.05, 3.63) is 36.2 Å². The van der Waals surface area contributed by atoms with Crippen LogP contribution in [0.5, 0.6) is 0 Å². The van der Waals surface area contributed by atoms with Crippen molar-refractivity contribution < 1.29 is 13.5 Å². The number of morpholine rings is 1. The molecule has 2 saturated heterocycles. The van der Waals surface area contributed by atoms with Crippen LogP contribution in [0.1, 0.15) is 51.3 Å². The maximum absolute atomic E-state index is 14.1. The maximum Gasteiger partial charge on any atom is 0.296 e. The van der Waals surface area contributed by atoms with Gasteiger partial charge in [0.1, 0.15) is 11.6 Å². The lowest BCUT2D eigenvalue weighted by atomic mass is 9.94. The quantitative estimate of drug-likeness (QED) is 0.470. The Morgan fingerprint density at radius 3 is 2.47 bits per heavy atom. The molecule has 2 atom stereocenters. The van der Waals surface area contributed by atoms with Crippen LogP contribution in [-0.4, -0.2) is 76.4 Å². The molecule has 6 rings (SSSR count). The fourth-order valence-corrected chi connectivity index (χ4v) is 6.39. The molecule has 1 aliphatic carbocycles. The Kier molecular flexibility index (Phi) is 7.43. The number of nitrogens with zero attached hydrogens (tertiary/aromatic N) is 6. The van der Waals surface area contributed by atoms with Gasteiger partial charge in [0.25, 0.3) is 6.43 Å². The van der Waals surface area contributed by atoms with Crippen molar-refractivity contribution in [3.8, 4) is 5.82 Å². The standard InChI is InChI=1S/C28H37F2N7O/c1-19-5-4-8-22(19)35-11-9-20(10-12-35)18-31-28-33-24(36-13-15-38-16-14-36)17-25(34-28)37-23-7-3-2-6-21(23)32-27(37)26(29)30/h2-3,6-7,17,19-20,22,26H,4-5,8-16,18H2,1H3,(H,31,33,34). The van der Waals surface area contributed by atoms with Crippen molar-refractivity contribution in [3.63, 3.8) is 0 Å². The molecule has 3 aliphatic rings. The highest BCUT2D eigenvalue weighted by Gasteiger charge is 2.31. The van der Waals surface area contributed by atoms with Crippen molar-refractivity contribution in [1.29, 1.82) is 0 Å². The summed E-state index contributed by atoms with van der Waals surface area (Å²) in [4.78, 5) is 18.6. The normalized spacial score (nSPS) is 23.5. The zero-order valence-corrected chi connectivity index (χ0v) is 22.0. The van der Waals surface area contributed by atoms with Gasteiger partial charge in [0.05, 0.1) is 24.2 Å². The van der Waals surface area contributed by atoms with Gasteiger partial charge >= 0.3 is 0 Å². The van der Waals surface area contributed by atoms with E-state index in [0.717, 1.165) is 44.4 Å². The number of hydrogen-bond donors (Lipinski definition) is 1. The van der Waals surface area contributed by atoms with Gasteiger partial charge in [-0.25, -0.2) is 13.8 Å². The molecular weight excluding hydrogens is 488 g/mol. The third kappa shape index (κ3) is 5.20. The Hall–Kier alpha value is -2.85. The van der Waals surface area contributed by atoms with Gasteiger partial charge < -0.3 is 19.9 Å². The molecular formula is C28H37F2N7O. The first-order valence-electron chi connectivity index (χ1n) is 14.0. The lowest BCUT2D eigenvalue weighted by Gasteiger charge is -2.38. The minimum atomic E-state index is -2.73. The summed E-state index contributed by atoms with van der Waals surface area (Å²) in [5, 5.41) is 3.47. The third-order valence-corrected chi connectivity index (χ3v) is 8.53. The average Bonchev–Trinajstić information content (AvgIpc) is 3.56. The van der Waals surface area contributed by atoms with Crippen molar-refractivity contribution >= 4 is 22.8 Å². The highest BCUT2D eigenvalue weighted by molar-refractivity contribution is 5.78. The number of benzene rings is 1. The summed E-state index contributed by atoms with van der Waals surface area (Å²) in [7, 11) is 0. The van der Waals surface area contributed by atoms with Gasteiger partial charge in [0, 0.05) is 31.7 Å². The fourth-order valence-electron chi connectivity index (χ4n) is 6.39. The maximum atomic E-state index is 14.1. The third-order valence-electron chi connectivity index (χ3n) is 8.53. The summed E-state index contributed by atoms with van der Waals surface area (Å²) in [5.74, 6) is 2.61. The Morgan fingerprint density at radius 2 is 1.74 bits per heavy atom. The van der Waals surface area contributed by atoms with Gasteiger partial charge in [-0.05, 0) is 62.7 Å². The van der Waals surface area contributed by atoms with Crippen molar-refractivity contribution in [2.75, 3.05) is 56.2 Å². The van der Waals surface area contributed by atoms with E-state index in [1.54, 1.807) is 24.3 Å². The van der Waals surface area contributed by atoms with Gasteiger partial charge in [0.15, 0.2) is 5.82 Å². The summed E-state index contributed by atoms with van der Waals surface area (Å²) in [6, 6.07) is 9.72. The van der Waals surface area contributed by atoms with E-state index in [9.17, 15) is 8.78 Å². The molecule has 4 heterocycles. The molecule has 2 aliphatic heterocycles. The highest BCUT2D eigenvalue weighted by atomic mass is 19.3. The molecule has 2 aromatic heterocycles. The van der Waals surface area contributed by atoms with Gasteiger partial charge in [-0.1, -0.05) is 25.5 Å².